The number of H-pyrrole nitrogens is 1. The third-order valence-corrected chi connectivity index (χ3v) is 6.12. The number of rotatable bonds is 4. The smallest absolute Gasteiger partial charge is 0.475 e. The number of carboxylic acid groups (broad SMARTS) is 1. The predicted octanol–water partition coefficient (Wildman–Crippen LogP) is 4.02. The van der Waals surface area contributed by atoms with Gasteiger partial charge in [0.05, 0.1) is 11.7 Å². The number of carboxylic acids is 1. The second kappa shape index (κ2) is 10.8. The number of aliphatic carboxylic acids is 1. The molecule has 1 fully saturated rings. The molecule has 1 atom stereocenters. The van der Waals surface area contributed by atoms with E-state index in [2.05, 4.69) is 31.0 Å². The van der Waals surface area contributed by atoms with E-state index in [4.69, 9.17) is 15.6 Å². The lowest BCUT2D eigenvalue weighted by molar-refractivity contribution is -0.192. The molecule has 0 radical (unpaired) electrons. The minimum absolute atomic E-state index is 0.0589. The number of halogens is 3. The van der Waals surface area contributed by atoms with Gasteiger partial charge in [0.25, 0.3) is 0 Å². The highest BCUT2D eigenvalue weighted by atomic mass is 32.1. The van der Waals surface area contributed by atoms with Gasteiger partial charge in [-0.3, -0.25) is 5.10 Å². The van der Waals surface area contributed by atoms with Crippen LogP contribution in [0.25, 0.3) is 21.5 Å². The average Bonchev–Trinajstić information content (AvgIpc) is 3.60. The molecule has 194 valence electrons. The highest BCUT2D eigenvalue weighted by Crippen LogP contribution is 2.30. The van der Waals surface area contributed by atoms with Crippen molar-refractivity contribution in [3.63, 3.8) is 0 Å². The number of nitrogens with zero attached hydrogens (tertiary/aromatic N) is 4. The van der Waals surface area contributed by atoms with E-state index in [1.165, 1.54) is 11.3 Å². The minimum atomic E-state index is -5.08. The molecule has 1 aliphatic heterocycles. The van der Waals surface area contributed by atoms with Gasteiger partial charge < -0.3 is 26.4 Å². The second-order valence-corrected chi connectivity index (χ2v) is 9.00. The van der Waals surface area contributed by atoms with E-state index in [0.29, 0.717) is 23.9 Å². The molecule has 11 nitrogen and oxygen atoms in total. The van der Waals surface area contributed by atoms with Crippen molar-refractivity contribution in [3.05, 3.63) is 48.7 Å². The van der Waals surface area contributed by atoms with Crippen LogP contribution in [-0.2, 0) is 4.79 Å². The second-order valence-electron chi connectivity index (χ2n) is 8.02. The van der Waals surface area contributed by atoms with E-state index in [0.717, 1.165) is 33.6 Å². The van der Waals surface area contributed by atoms with Crippen LogP contribution in [0, 0.1) is 0 Å². The first kappa shape index (κ1) is 25.8. The number of hydrogen-bond donors (Lipinski definition) is 5. The summed E-state index contributed by atoms with van der Waals surface area (Å²) in [5.74, 6) is -2.76. The van der Waals surface area contributed by atoms with Crippen LogP contribution >= 0.6 is 11.3 Å². The Hall–Kier alpha value is -4.24. The van der Waals surface area contributed by atoms with Crippen molar-refractivity contribution in [1.82, 2.24) is 25.3 Å². The van der Waals surface area contributed by atoms with Crippen LogP contribution in [0.5, 0.6) is 0 Å². The Morgan fingerprint density at radius 2 is 1.95 bits per heavy atom. The number of benzene rings is 2. The van der Waals surface area contributed by atoms with Gasteiger partial charge in [-0.2, -0.15) is 18.3 Å². The molecule has 0 bridgehead atoms. The summed E-state index contributed by atoms with van der Waals surface area (Å²) in [6.45, 7) is 1.27. The summed E-state index contributed by atoms with van der Waals surface area (Å²) in [4.78, 5) is 23.0. The van der Waals surface area contributed by atoms with Crippen molar-refractivity contribution >= 4 is 50.7 Å². The van der Waals surface area contributed by atoms with Crippen LogP contribution in [0.15, 0.2) is 48.7 Å². The van der Waals surface area contributed by atoms with E-state index in [-0.39, 0.29) is 12.1 Å². The highest BCUT2D eigenvalue weighted by Gasteiger charge is 2.38. The number of likely N-dealkylation sites (tertiary alicyclic amines) is 1. The maximum Gasteiger partial charge on any atom is 0.490 e. The van der Waals surface area contributed by atoms with Crippen molar-refractivity contribution in [3.8, 4) is 10.6 Å². The van der Waals surface area contributed by atoms with Crippen molar-refractivity contribution in [2.75, 3.05) is 23.7 Å². The van der Waals surface area contributed by atoms with Gasteiger partial charge in [0, 0.05) is 41.5 Å². The van der Waals surface area contributed by atoms with Crippen LogP contribution < -0.4 is 16.4 Å². The predicted molar refractivity (Wildman–Crippen MR) is 132 cm³/mol. The number of alkyl halides is 3. The van der Waals surface area contributed by atoms with Gasteiger partial charge in [-0.1, -0.05) is 23.5 Å². The van der Waals surface area contributed by atoms with E-state index in [1.54, 1.807) is 11.1 Å². The molecule has 0 saturated carbocycles. The molecule has 2 aromatic heterocycles. The Morgan fingerprint density at radius 1 is 1.16 bits per heavy atom. The summed E-state index contributed by atoms with van der Waals surface area (Å²) < 4.78 is 31.7. The lowest BCUT2D eigenvalue weighted by atomic mass is 10.2. The van der Waals surface area contributed by atoms with Crippen LogP contribution in [0.3, 0.4) is 0 Å². The normalized spacial score (nSPS) is 15.2. The van der Waals surface area contributed by atoms with Crippen molar-refractivity contribution in [2.24, 2.45) is 5.73 Å². The van der Waals surface area contributed by atoms with Gasteiger partial charge in [0.15, 0.2) is 0 Å². The fourth-order valence-corrected chi connectivity index (χ4v) is 4.20. The summed E-state index contributed by atoms with van der Waals surface area (Å²) in [5.41, 5.74) is 9.39. The molecule has 1 unspecified atom stereocenters. The molecule has 6 N–H and O–H groups in total. The standard InChI is InChI=1S/C20H20N8OS.C2HF3O2/c21-14-6-7-28(11-14)20(29)24-15-3-1-2-12(8-15)18-26-27-19(30-18)23-16-4-5-17-13(9-16)10-22-25-17;3-2(4,5)1(6)7/h1-5,8-10,14H,6-7,11,21H2,(H,22,25)(H,23,27)(H,24,29);(H,6,7). The molecule has 2 amide bonds. The number of hydrogen-bond acceptors (Lipinski definition) is 8. The summed E-state index contributed by atoms with van der Waals surface area (Å²) in [6, 6.07) is 13.4. The summed E-state index contributed by atoms with van der Waals surface area (Å²) in [5, 5.41) is 31.3. The van der Waals surface area contributed by atoms with E-state index in [1.807, 2.05) is 42.5 Å². The van der Waals surface area contributed by atoms with E-state index >= 15 is 0 Å². The van der Waals surface area contributed by atoms with Crippen LogP contribution in [-0.4, -0.2) is 67.7 Å². The first-order valence-electron chi connectivity index (χ1n) is 10.8. The zero-order valence-electron chi connectivity index (χ0n) is 19.0. The number of aromatic nitrogens is 4. The highest BCUT2D eigenvalue weighted by molar-refractivity contribution is 7.18. The molecule has 5 rings (SSSR count). The average molecular weight is 535 g/mol. The molecule has 15 heteroatoms. The number of carbonyl (C=O) groups is 2. The lowest BCUT2D eigenvalue weighted by Gasteiger charge is -2.16. The maximum absolute atomic E-state index is 12.4. The van der Waals surface area contributed by atoms with Crippen LogP contribution in [0.2, 0.25) is 0 Å². The molecule has 37 heavy (non-hydrogen) atoms. The van der Waals surface area contributed by atoms with Crippen molar-refractivity contribution < 1.29 is 27.9 Å². The fourth-order valence-electron chi connectivity index (χ4n) is 3.44. The van der Waals surface area contributed by atoms with Gasteiger partial charge in [0.1, 0.15) is 5.01 Å². The van der Waals surface area contributed by atoms with Gasteiger partial charge in [-0.05, 0) is 36.8 Å². The Morgan fingerprint density at radius 3 is 2.65 bits per heavy atom. The molecule has 1 saturated heterocycles. The minimum Gasteiger partial charge on any atom is -0.475 e. The maximum atomic E-state index is 12.4. The van der Waals surface area contributed by atoms with Crippen molar-refractivity contribution in [2.45, 2.75) is 18.6 Å². The number of carbonyl (C=O) groups excluding carboxylic acids is 1. The number of urea groups is 1. The number of aromatic amines is 1. The molecule has 2 aromatic carbocycles. The topological polar surface area (TPSA) is 162 Å². The zero-order chi connectivity index (χ0) is 26.6. The number of nitrogens with one attached hydrogen (secondary N) is 3. The number of amides is 2. The lowest BCUT2D eigenvalue weighted by Crippen LogP contribution is -2.35. The zero-order valence-corrected chi connectivity index (χ0v) is 19.8. The van der Waals surface area contributed by atoms with Gasteiger partial charge >= 0.3 is 18.2 Å². The number of fused-ring (bicyclic) bond motifs is 1. The van der Waals surface area contributed by atoms with Crippen LogP contribution in [0.1, 0.15) is 6.42 Å². The fraction of sp³-hybridized carbons (Fsp3) is 0.227. The molecule has 3 heterocycles. The van der Waals surface area contributed by atoms with Gasteiger partial charge in [-0.15, -0.1) is 10.2 Å². The number of nitrogens with two attached hydrogens (primary N) is 1. The van der Waals surface area contributed by atoms with E-state index in [9.17, 15) is 18.0 Å². The first-order valence-corrected chi connectivity index (χ1v) is 11.7. The first-order chi connectivity index (χ1) is 17.6. The SMILES string of the molecule is NC1CCN(C(=O)Nc2cccc(-c3nnc(Nc4ccc5[nH]ncc5c4)s3)c2)C1.O=C(O)C(F)(F)F. The summed E-state index contributed by atoms with van der Waals surface area (Å²) in [7, 11) is 0. The van der Waals surface area contributed by atoms with Gasteiger partial charge in [0.2, 0.25) is 5.13 Å². The summed E-state index contributed by atoms with van der Waals surface area (Å²) >= 11 is 1.45. The van der Waals surface area contributed by atoms with E-state index < -0.39 is 12.1 Å². The Balaban J connectivity index is 0.000000405. The third kappa shape index (κ3) is 6.71. The van der Waals surface area contributed by atoms with Crippen molar-refractivity contribution in [1.29, 1.82) is 0 Å². The van der Waals surface area contributed by atoms with Gasteiger partial charge in [-0.25, -0.2) is 9.59 Å². The Kier molecular flexibility index (Phi) is 7.54. The molecule has 0 aliphatic carbocycles. The summed E-state index contributed by atoms with van der Waals surface area (Å²) in [6.07, 6.45) is -2.47. The molecule has 0 spiro atoms. The third-order valence-electron chi connectivity index (χ3n) is 5.23. The molecular formula is C22H21F3N8O3S. The Labute approximate surface area is 211 Å². The molecule has 1 aliphatic rings. The Bertz CT molecular complexity index is 1410. The van der Waals surface area contributed by atoms with Crippen LogP contribution in [0.4, 0.5) is 34.5 Å². The molecule has 4 aromatic rings. The molecular weight excluding hydrogens is 513 g/mol. The monoisotopic (exact) mass is 534 g/mol. The number of anilines is 3. The largest absolute Gasteiger partial charge is 0.490 e. The quantitative estimate of drug-likeness (QED) is 0.262.